The van der Waals surface area contributed by atoms with Crippen LogP contribution in [0.5, 0.6) is 0 Å². The number of rotatable bonds is 2. The van der Waals surface area contributed by atoms with Gasteiger partial charge in [0, 0.05) is 0 Å². The molecule has 0 aliphatic heterocycles. The molecular weight excluding hydrogens is 355 g/mol. The van der Waals surface area contributed by atoms with E-state index in [1.165, 1.54) is 0 Å². The van der Waals surface area contributed by atoms with E-state index in [-0.39, 0.29) is 0 Å². The van der Waals surface area contributed by atoms with E-state index in [2.05, 4.69) is 78.5 Å². The van der Waals surface area contributed by atoms with Crippen molar-refractivity contribution in [2.75, 3.05) is 0 Å². The van der Waals surface area contributed by atoms with E-state index < -0.39 is 20.3 Å². The molecule has 0 nitrogen and oxygen atoms in total. The SMILES string of the molecule is CC1=C(C)[C](C)([Zr]([CH3])([CH3])[C]2(C)C(C)=C(C)C(C)=C2C)C(C)=C1C. The first-order valence-electron chi connectivity index (χ1n) is 9.00. The summed E-state index contributed by atoms with van der Waals surface area (Å²) in [5.41, 5.74) is 12.8. The molecule has 0 unspecified atom stereocenters. The second-order valence-corrected chi connectivity index (χ2v) is 21.8. The fourth-order valence-corrected chi connectivity index (χ4v) is 19.1. The van der Waals surface area contributed by atoms with Crippen LogP contribution in [0.25, 0.3) is 0 Å². The first kappa shape index (κ1) is 19.2. The van der Waals surface area contributed by atoms with Crippen molar-refractivity contribution in [3.63, 3.8) is 0 Å². The van der Waals surface area contributed by atoms with Gasteiger partial charge < -0.3 is 0 Å². The molecule has 0 aromatic heterocycles. The van der Waals surface area contributed by atoms with E-state index in [1.54, 1.807) is 44.6 Å². The van der Waals surface area contributed by atoms with Gasteiger partial charge in [-0.15, -0.1) is 0 Å². The average Bonchev–Trinajstić information content (AvgIpc) is 2.76. The van der Waals surface area contributed by atoms with Crippen LogP contribution in [0.2, 0.25) is 15.5 Å². The van der Waals surface area contributed by atoms with Gasteiger partial charge in [-0.25, -0.2) is 0 Å². The topological polar surface area (TPSA) is 0 Å². The van der Waals surface area contributed by atoms with Crippen molar-refractivity contribution in [2.24, 2.45) is 0 Å². The Kier molecular flexibility index (Phi) is 4.52. The van der Waals surface area contributed by atoms with Crippen LogP contribution in [0.1, 0.15) is 69.2 Å². The van der Waals surface area contributed by atoms with Crippen LogP contribution in [0.15, 0.2) is 44.6 Å². The predicted octanol–water partition coefficient (Wildman–Crippen LogP) is 7.97. The van der Waals surface area contributed by atoms with Crippen LogP contribution in [0, 0.1) is 0 Å². The molecule has 2 aliphatic carbocycles. The number of hydrogen-bond acceptors (Lipinski definition) is 0. The number of allylic oxidation sites excluding steroid dienone is 8. The van der Waals surface area contributed by atoms with Crippen LogP contribution >= 0.6 is 0 Å². The maximum absolute atomic E-state index is 2.70. The van der Waals surface area contributed by atoms with Gasteiger partial charge in [-0.05, 0) is 0 Å². The van der Waals surface area contributed by atoms with E-state index in [1.807, 2.05) is 0 Å². The van der Waals surface area contributed by atoms with Crippen molar-refractivity contribution in [1.82, 2.24) is 0 Å². The molecular formula is C22H36Zr. The third-order valence-electron chi connectivity index (χ3n) is 8.88. The molecule has 0 saturated heterocycles. The molecule has 0 saturated carbocycles. The molecule has 0 N–H and O–H groups in total. The Morgan fingerprint density at radius 3 is 0.826 bits per heavy atom. The molecule has 0 spiro atoms. The Balaban J connectivity index is 2.80. The van der Waals surface area contributed by atoms with Gasteiger partial charge >= 0.3 is 150 Å². The van der Waals surface area contributed by atoms with Crippen molar-refractivity contribution < 1.29 is 20.3 Å². The first-order chi connectivity index (χ1) is 10.3. The van der Waals surface area contributed by atoms with E-state index in [4.69, 9.17) is 0 Å². The van der Waals surface area contributed by atoms with Crippen LogP contribution in [0.4, 0.5) is 0 Å². The van der Waals surface area contributed by atoms with Crippen molar-refractivity contribution in [2.45, 2.75) is 84.7 Å². The molecule has 23 heavy (non-hydrogen) atoms. The molecule has 0 bridgehead atoms. The van der Waals surface area contributed by atoms with Gasteiger partial charge in [0.05, 0.1) is 0 Å². The Morgan fingerprint density at radius 2 is 0.652 bits per heavy atom. The quantitative estimate of drug-likeness (QED) is 0.447. The number of hydrogen-bond donors (Lipinski definition) is 0. The molecule has 2 aliphatic rings. The van der Waals surface area contributed by atoms with Crippen molar-refractivity contribution in [3.8, 4) is 0 Å². The van der Waals surface area contributed by atoms with Gasteiger partial charge in [-0.3, -0.25) is 0 Å². The van der Waals surface area contributed by atoms with Gasteiger partial charge in [-0.1, -0.05) is 0 Å². The van der Waals surface area contributed by atoms with Gasteiger partial charge in [0.25, 0.3) is 0 Å². The molecule has 0 aromatic rings. The summed E-state index contributed by atoms with van der Waals surface area (Å²) >= 11 is -2.68. The van der Waals surface area contributed by atoms with Crippen molar-refractivity contribution in [3.05, 3.63) is 44.6 Å². The van der Waals surface area contributed by atoms with Crippen LogP contribution in [-0.4, -0.2) is 0 Å². The van der Waals surface area contributed by atoms with E-state index >= 15 is 0 Å². The van der Waals surface area contributed by atoms with E-state index in [0.717, 1.165) is 0 Å². The molecule has 0 amide bonds. The second kappa shape index (κ2) is 5.42. The normalized spacial score (nSPS) is 24.5. The van der Waals surface area contributed by atoms with E-state index in [0.29, 0.717) is 6.25 Å². The van der Waals surface area contributed by atoms with Gasteiger partial charge in [0.1, 0.15) is 0 Å². The summed E-state index contributed by atoms with van der Waals surface area (Å²) < 4.78 is 6.02. The Bertz CT molecular complexity index is 596. The molecule has 0 radical (unpaired) electrons. The molecule has 0 fully saturated rings. The summed E-state index contributed by atoms with van der Waals surface area (Å²) in [4.78, 5) is 0. The van der Waals surface area contributed by atoms with Gasteiger partial charge in [-0.2, -0.15) is 0 Å². The monoisotopic (exact) mass is 390 g/mol. The van der Waals surface area contributed by atoms with Gasteiger partial charge in [0.15, 0.2) is 0 Å². The summed E-state index contributed by atoms with van der Waals surface area (Å²) in [6, 6.07) is 0. The summed E-state index contributed by atoms with van der Waals surface area (Å²) in [5.74, 6) is 0. The summed E-state index contributed by atoms with van der Waals surface area (Å²) in [6.45, 7) is 24.1. The predicted molar refractivity (Wildman–Crippen MR) is 102 cm³/mol. The second-order valence-electron chi connectivity index (χ2n) is 8.88. The molecule has 2 rings (SSSR count). The maximum atomic E-state index is 2.70. The average molecular weight is 392 g/mol. The molecule has 0 aromatic carbocycles. The Hall–Kier alpha value is -0.157. The zero-order valence-electron chi connectivity index (χ0n) is 17.5. The van der Waals surface area contributed by atoms with Crippen molar-refractivity contribution in [1.29, 1.82) is 0 Å². The summed E-state index contributed by atoms with van der Waals surface area (Å²) in [5, 5.41) is 0. The zero-order valence-corrected chi connectivity index (χ0v) is 20.0. The zero-order chi connectivity index (χ0) is 18.1. The first-order valence-corrected chi connectivity index (χ1v) is 16.4. The van der Waals surface area contributed by atoms with Gasteiger partial charge in [0.2, 0.25) is 0 Å². The minimum absolute atomic E-state index is 0.311. The van der Waals surface area contributed by atoms with E-state index in [9.17, 15) is 0 Å². The standard InChI is InChI=1S/2C10H15.2CH3.Zr/c2*1-6-7(2)9(4)10(5)8(6)3;;;/h2*1-5H3;2*1H3;. The molecule has 0 heterocycles. The summed E-state index contributed by atoms with van der Waals surface area (Å²) in [6.07, 6.45) is 0. The minimum atomic E-state index is -2.68. The molecule has 0 atom stereocenters. The third-order valence-corrected chi connectivity index (χ3v) is 24.9. The van der Waals surface area contributed by atoms with Crippen LogP contribution < -0.4 is 0 Å². The third kappa shape index (κ3) is 1.98. The molecule has 1 heteroatoms. The Morgan fingerprint density at radius 1 is 0.478 bits per heavy atom. The van der Waals surface area contributed by atoms with Crippen LogP contribution in [0.3, 0.4) is 0 Å². The fraction of sp³-hybridized carbons (Fsp3) is 0.636. The molecule has 128 valence electrons. The summed E-state index contributed by atoms with van der Waals surface area (Å²) in [7, 11) is 0. The van der Waals surface area contributed by atoms with Crippen LogP contribution in [-0.2, 0) is 20.3 Å². The fourth-order valence-electron chi connectivity index (χ4n) is 5.56. The van der Waals surface area contributed by atoms with Crippen molar-refractivity contribution >= 4 is 0 Å². The Labute approximate surface area is 149 Å².